The van der Waals surface area contributed by atoms with Crippen molar-refractivity contribution in [2.75, 3.05) is 19.9 Å². The molecule has 0 aromatic heterocycles. The van der Waals surface area contributed by atoms with Gasteiger partial charge in [0.25, 0.3) is 0 Å². The highest BCUT2D eigenvalue weighted by molar-refractivity contribution is 7.89. The minimum Gasteiger partial charge on any atom is -0.495 e. The molecule has 0 amide bonds. The summed E-state index contributed by atoms with van der Waals surface area (Å²) in [6.45, 7) is 0. The smallest absolute Gasteiger partial charge is 0.246 e. The molecule has 0 saturated heterocycles. The summed E-state index contributed by atoms with van der Waals surface area (Å²) in [6.07, 6.45) is 5.18. The summed E-state index contributed by atoms with van der Waals surface area (Å²) in [7, 11) is -0.465. The number of hydrogen-bond donors (Lipinski definition) is 1. The van der Waals surface area contributed by atoms with Crippen LogP contribution >= 0.6 is 0 Å². The van der Waals surface area contributed by atoms with Gasteiger partial charge in [-0.05, 0) is 31.0 Å². The van der Waals surface area contributed by atoms with E-state index in [0.717, 1.165) is 25.7 Å². The summed E-state index contributed by atoms with van der Waals surface area (Å²) in [5, 5.41) is 0. The van der Waals surface area contributed by atoms with Crippen molar-refractivity contribution in [3.63, 3.8) is 0 Å². The van der Waals surface area contributed by atoms with E-state index in [2.05, 4.69) is 0 Å². The van der Waals surface area contributed by atoms with Gasteiger partial charge in [-0.2, -0.15) is 4.31 Å². The van der Waals surface area contributed by atoms with Crippen LogP contribution in [0.15, 0.2) is 23.1 Å². The van der Waals surface area contributed by atoms with Gasteiger partial charge in [0.1, 0.15) is 10.6 Å². The van der Waals surface area contributed by atoms with E-state index in [1.54, 1.807) is 19.2 Å². The molecule has 20 heavy (non-hydrogen) atoms. The van der Waals surface area contributed by atoms with E-state index in [1.165, 1.54) is 23.9 Å². The second-order valence-electron chi connectivity index (χ2n) is 5.22. The summed E-state index contributed by atoms with van der Waals surface area (Å²) < 4.78 is 32.1. The predicted octanol–water partition coefficient (Wildman–Crippen LogP) is 2.23. The molecule has 1 aromatic carbocycles. The number of methoxy groups -OCH3 is 1. The van der Waals surface area contributed by atoms with Crippen LogP contribution in [0, 0.1) is 0 Å². The van der Waals surface area contributed by atoms with E-state index >= 15 is 0 Å². The normalized spacial score (nSPS) is 17.4. The van der Waals surface area contributed by atoms with Gasteiger partial charge in [-0.25, -0.2) is 8.42 Å². The first-order valence-corrected chi connectivity index (χ1v) is 8.32. The Labute approximate surface area is 120 Å². The Morgan fingerprint density at radius 1 is 1.25 bits per heavy atom. The van der Waals surface area contributed by atoms with Gasteiger partial charge in [0.05, 0.1) is 7.11 Å². The number of ether oxygens (including phenoxy) is 1. The molecule has 2 rings (SSSR count). The molecule has 1 aliphatic rings. The van der Waals surface area contributed by atoms with E-state index in [9.17, 15) is 8.42 Å². The third-order valence-corrected chi connectivity index (χ3v) is 5.86. The Morgan fingerprint density at radius 3 is 2.50 bits per heavy atom. The van der Waals surface area contributed by atoms with E-state index < -0.39 is 10.0 Å². The molecule has 0 atom stereocenters. The zero-order valence-corrected chi connectivity index (χ0v) is 12.8. The molecule has 1 saturated carbocycles. The van der Waals surface area contributed by atoms with Crippen LogP contribution in [0.2, 0.25) is 0 Å². The van der Waals surface area contributed by atoms with Crippen molar-refractivity contribution < 1.29 is 13.2 Å². The maximum absolute atomic E-state index is 12.8. The van der Waals surface area contributed by atoms with Crippen molar-refractivity contribution in [3.8, 4) is 5.75 Å². The number of hydrogen-bond acceptors (Lipinski definition) is 4. The van der Waals surface area contributed by atoms with Gasteiger partial charge < -0.3 is 10.5 Å². The van der Waals surface area contributed by atoms with Crippen molar-refractivity contribution in [2.45, 2.75) is 43.0 Å². The van der Waals surface area contributed by atoms with Crippen LogP contribution in [0.3, 0.4) is 0 Å². The minimum absolute atomic E-state index is 0.0693. The number of sulfonamides is 1. The monoisotopic (exact) mass is 298 g/mol. The largest absolute Gasteiger partial charge is 0.495 e. The van der Waals surface area contributed by atoms with E-state index in [-0.39, 0.29) is 10.9 Å². The topological polar surface area (TPSA) is 72.6 Å². The Bertz CT molecular complexity index is 566. The number of nitrogens with two attached hydrogens (primary N) is 1. The van der Waals surface area contributed by atoms with Gasteiger partial charge in [0, 0.05) is 18.8 Å². The van der Waals surface area contributed by atoms with Crippen LogP contribution in [-0.2, 0) is 10.0 Å². The van der Waals surface area contributed by atoms with Crippen molar-refractivity contribution >= 4 is 15.7 Å². The molecule has 1 aromatic rings. The third kappa shape index (κ3) is 2.91. The number of anilines is 1. The van der Waals surface area contributed by atoms with Crippen molar-refractivity contribution in [2.24, 2.45) is 0 Å². The van der Waals surface area contributed by atoms with Crippen molar-refractivity contribution in [3.05, 3.63) is 18.2 Å². The van der Waals surface area contributed by atoms with Crippen molar-refractivity contribution in [1.29, 1.82) is 0 Å². The molecule has 112 valence electrons. The van der Waals surface area contributed by atoms with Crippen molar-refractivity contribution in [1.82, 2.24) is 4.31 Å². The summed E-state index contributed by atoms with van der Waals surface area (Å²) in [6, 6.07) is 4.77. The standard InChI is InChI=1S/C14H22N2O3S/c1-16(12-6-4-3-5-7-12)20(17,18)14-10-11(15)8-9-13(14)19-2/h8-10,12H,3-7,15H2,1-2H3. The van der Waals surface area contributed by atoms with Gasteiger partial charge in [0.2, 0.25) is 10.0 Å². The maximum atomic E-state index is 12.8. The average molecular weight is 298 g/mol. The Morgan fingerprint density at radius 2 is 1.90 bits per heavy atom. The fourth-order valence-electron chi connectivity index (χ4n) is 2.69. The lowest BCUT2D eigenvalue weighted by atomic mass is 9.96. The van der Waals surface area contributed by atoms with E-state index in [4.69, 9.17) is 10.5 Å². The molecule has 2 N–H and O–H groups in total. The maximum Gasteiger partial charge on any atom is 0.246 e. The second-order valence-corrected chi connectivity index (χ2v) is 7.19. The number of rotatable bonds is 4. The fourth-order valence-corrected chi connectivity index (χ4v) is 4.30. The SMILES string of the molecule is COc1ccc(N)cc1S(=O)(=O)N(C)C1CCCCC1. The molecule has 1 aliphatic carbocycles. The summed E-state index contributed by atoms with van der Waals surface area (Å²) >= 11 is 0. The van der Waals surface area contributed by atoms with Gasteiger partial charge in [-0.15, -0.1) is 0 Å². The lowest BCUT2D eigenvalue weighted by Crippen LogP contribution is -2.38. The van der Waals surface area contributed by atoms with Crippen LogP contribution in [-0.4, -0.2) is 32.9 Å². The Kier molecular flexibility index (Phi) is 4.55. The zero-order valence-electron chi connectivity index (χ0n) is 12.0. The Balaban J connectivity index is 2.36. The molecule has 0 spiro atoms. The molecule has 6 heteroatoms. The molecule has 0 unspecified atom stereocenters. The second kappa shape index (κ2) is 6.01. The zero-order chi connectivity index (χ0) is 14.8. The lowest BCUT2D eigenvalue weighted by Gasteiger charge is -2.30. The quantitative estimate of drug-likeness (QED) is 0.865. The molecule has 1 fully saturated rings. The molecular formula is C14H22N2O3S. The third-order valence-electron chi connectivity index (χ3n) is 3.93. The van der Waals surface area contributed by atoms with Gasteiger partial charge >= 0.3 is 0 Å². The van der Waals surface area contributed by atoms with Crippen LogP contribution < -0.4 is 10.5 Å². The molecular weight excluding hydrogens is 276 g/mol. The first-order chi connectivity index (χ1) is 9.46. The highest BCUT2D eigenvalue weighted by atomic mass is 32.2. The van der Waals surface area contributed by atoms with Crippen LogP contribution in [0.1, 0.15) is 32.1 Å². The molecule has 0 radical (unpaired) electrons. The first kappa shape index (κ1) is 15.1. The molecule has 0 heterocycles. The van der Waals surface area contributed by atoms with Gasteiger partial charge in [-0.3, -0.25) is 0 Å². The molecule has 0 aliphatic heterocycles. The predicted molar refractivity (Wildman–Crippen MR) is 79.2 cm³/mol. The Hall–Kier alpha value is -1.27. The minimum atomic E-state index is -3.58. The molecule has 5 nitrogen and oxygen atoms in total. The van der Waals surface area contributed by atoms with Gasteiger partial charge in [0.15, 0.2) is 0 Å². The molecule has 0 bridgehead atoms. The van der Waals surface area contributed by atoms with Crippen LogP contribution in [0.5, 0.6) is 5.75 Å². The summed E-state index contributed by atoms with van der Waals surface area (Å²) in [5.41, 5.74) is 6.14. The number of nitrogens with zero attached hydrogens (tertiary/aromatic N) is 1. The number of benzene rings is 1. The average Bonchev–Trinajstić information content (AvgIpc) is 2.47. The lowest BCUT2D eigenvalue weighted by molar-refractivity contribution is 0.284. The van der Waals surface area contributed by atoms with E-state index in [1.807, 2.05) is 0 Å². The highest BCUT2D eigenvalue weighted by Crippen LogP contribution is 2.31. The highest BCUT2D eigenvalue weighted by Gasteiger charge is 2.31. The number of nitrogen functional groups attached to an aromatic ring is 1. The summed E-state index contributed by atoms with van der Waals surface area (Å²) in [5.74, 6) is 0.335. The van der Waals surface area contributed by atoms with Gasteiger partial charge in [-0.1, -0.05) is 19.3 Å². The fraction of sp³-hybridized carbons (Fsp3) is 0.571. The van der Waals surface area contributed by atoms with Crippen LogP contribution in [0.4, 0.5) is 5.69 Å². The van der Waals surface area contributed by atoms with Crippen LogP contribution in [0.25, 0.3) is 0 Å². The van der Waals surface area contributed by atoms with E-state index in [0.29, 0.717) is 11.4 Å². The first-order valence-electron chi connectivity index (χ1n) is 6.88. The summed E-state index contributed by atoms with van der Waals surface area (Å²) in [4.78, 5) is 0.146.